The first kappa shape index (κ1) is 19.0. The molecule has 0 spiro atoms. The lowest BCUT2D eigenvalue weighted by Crippen LogP contribution is -2.29. The van der Waals surface area contributed by atoms with Gasteiger partial charge in [0.25, 0.3) is 0 Å². The summed E-state index contributed by atoms with van der Waals surface area (Å²) in [7, 11) is -2.74. The second-order valence-electron chi connectivity index (χ2n) is 6.68. The van der Waals surface area contributed by atoms with Crippen molar-refractivity contribution in [3.63, 3.8) is 0 Å². The second-order valence-corrected chi connectivity index (χ2v) is 8.91. The molecule has 0 aromatic rings. The first-order valence-electron chi connectivity index (χ1n) is 9.00. The van der Waals surface area contributed by atoms with E-state index in [1.807, 2.05) is 0 Å². The summed E-state index contributed by atoms with van der Waals surface area (Å²) in [6.45, 7) is 6.47. The highest BCUT2D eigenvalue weighted by molar-refractivity contribution is 7.91. The van der Waals surface area contributed by atoms with Gasteiger partial charge in [0.2, 0.25) is 0 Å². The number of unbranched alkanes of at least 4 members (excludes halogenated alkanes) is 5. The molecule has 1 saturated heterocycles. The molecule has 126 valence electrons. The van der Waals surface area contributed by atoms with E-state index in [-0.39, 0.29) is 0 Å². The molecular formula is C17H35NO2S. The molecule has 1 fully saturated rings. The molecule has 0 radical (unpaired) electrons. The first-order valence-corrected chi connectivity index (χ1v) is 10.8. The van der Waals surface area contributed by atoms with Crippen LogP contribution < -0.4 is 5.32 Å². The summed E-state index contributed by atoms with van der Waals surface area (Å²) in [6.07, 6.45) is 11.1. The van der Waals surface area contributed by atoms with Gasteiger partial charge in [-0.1, -0.05) is 52.4 Å². The van der Waals surface area contributed by atoms with Crippen molar-refractivity contribution in [1.82, 2.24) is 5.32 Å². The first-order chi connectivity index (χ1) is 10.1. The molecule has 3 nitrogen and oxygen atoms in total. The molecule has 2 unspecified atom stereocenters. The van der Waals surface area contributed by atoms with Gasteiger partial charge >= 0.3 is 0 Å². The third kappa shape index (κ3) is 8.20. The van der Waals surface area contributed by atoms with Gasteiger partial charge in [-0.25, -0.2) is 8.42 Å². The number of hydrogen-bond donors (Lipinski definition) is 1. The van der Waals surface area contributed by atoms with E-state index in [2.05, 4.69) is 19.2 Å². The molecule has 1 aliphatic heterocycles. The standard InChI is InChI=1S/C17H35NO2S/c1-3-5-6-7-8-9-10-16(14-18-12-4-2)17-11-13-21(19,20)15-17/h16-18H,3-15H2,1-2H3. The maximum Gasteiger partial charge on any atom is 0.150 e. The molecule has 0 saturated carbocycles. The minimum atomic E-state index is -2.74. The Bertz CT molecular complexity index is 354. The van der Waals surface area contributed by atoms with Crippen LogP contribution in [0.3, 0.4) is 0 Å². The van der Waals surface area contributed by atoms with Crippen LogP contribution in [0.1, 0.15) is 71.6 Å². The quantitative estimate of drug-likeness (QED) is 0.557. The van der Waals surface area contributed by atoms with E-state index >= 15 is 0 Å². The Labute approximate surface area is 132 Å². The Kier molecular flexibility index (Phi) is 9.57. The third-order valence-corrected chi connectivity index (χ3v) is 6.49. The second kappa shape index (κ2) is 10.6. The lowest BCUT2D eigenvalue weighted by molar-refractivity contribution is 0.314. The fourth-order valence-electron chi connectivity index (χ4n) is 3.35. The van der Waals surface area contributed by atoms with Crippen LogP contribution in [0.15, 0.2) is 0 Å². The van der Waals surface area contributed by atoms with Gasteiger partial charge in [-0.3, -0.25) is 0 Å². The monoisotopic (exact) mass is 317 g/mol. The van der Waals surface area contributed by atoms with Crippen LogP contribution in [0.5, 0.6) is 0 Å². The van der Waals surface area contributed by atoms with Crippen molar-refractivity contribution in [2.45, 2.75) is 71.6 Å². The van der Waals surface area contributed by atoms with E-state index in [0.29, 0.717) is 23.3 Å². The molecule has 2 atom stereocenters. The van der Waals surface area contributed by atoms with E-state index in [4.69, 9.17) is 0 Å². The largest absolute Gasteiger partial charge is 0.316 e. The van der Waals surface area contributed by atoms with Crippen LogP contribution in [0.4, 0.5) is 0 Å². The lowest BCUT2D eigenvalue weighted by atomic mass is 9.87. The summed E-state index contributed by atoms with van der Waals surface area (Å²) in [5, 5.41) is 3.51. The fourth-order valence-corrected chi connectivity index (χ4v) is 5.27. The maximum absolute atomic E-state index is 11.7. The third-order valence-electron chi connectivity index (χ3n) is 4.70. The van der Waals surface area contributed by atoms with Gasteiger partial charge < -0.3 is 5.32 Å². The van der Waals surface area contributed by atoms with Gasteiger partial charge in [0, 0.05) is 0 Å². The van der Waals surface area contributed by atoms with Gasteiger partial charge in [0.1, 0.15) is 0 Å². The zero-order valence-corrected chi connectivity index (χ0v) is 14.9. The topological polar surface area (TPSA) is 46.2 Å². The van der Waals surface area contributed by atoms with Crippen molar-refractivity contribution < 1.29 is 8.42 Å². The highest BCUT2D eigenvalue weighted by atomic mass is 32.2. The van der Waals surface area contributed by atoms with Crippen LogP contribution in [-0.2, 0) is 9.84 Å². The Balaban J connectivity index is 2.31. The Morgan fingerprint density at radius 2 is 1.76 bits per heavy atom. The molecule has 0 bridgehead atoms. The summed E-state index contributed by atoms with van der Waals surface area (Å²) in [5.74, 6) is 1.80. The number of nitrogens with one attached hydrogen (secondary N) is 1. The molecule has 1 aliphatic rings. The van der Waals surface area contributed by atoms with Crippen LogP contribution in [0.25, 0.3) is 0 Å². The van der Waals surface area contributed by atoms with Gasteiger partial charge in [-0.2, -0.15) is 0 Å². The van der Waals surface area contributed by atoms with Gasteiger partial charge in [0.05, 0.1) is 11.5 Å². The highest BCUT2D eigenvalue weighted by Gasteiger charge is 2.32. The molecule has 0 aromatic heterocycles. The van der Waals surface area contributed by atoms with E-state index in [0.717, 1.165) is 25.9 Å². The SMILES string of the molecule is CCCCCCCCC(CNCCC)C1CCS(=O)(=O)C1. The number of rotatable bonds is 12. The average molecular weight is 318 g/mol. The summed E-state index contributed by atoms with van der Waals surface area (Å²) < 4.78 is 23.4. The zero-order chi connectivity index (χ0) is 15.6. The predicted molar refractivity (Wildman–Crippen MR) is 91.4 cm³/mol. The number of sulfone groups is 1. The summed E-state index contributed by atoms with van der Waals surface area (Å²) >= 11 is 0. The molecule has 21 heavy (non-hydrogen) atoms. The molecule has 1 N–H and O–H groups in total. The smallest absolute Gasteiger partial charge is 0.150 e. The molecule has 4 heteroatoms. The summed E-state index contributed by atoms with van der Waals surface area (Å²) in [6, 6.07) is 0. The molecular weight excluding hydrogens is 282 g/mol. The Morgan fingerprint density at radius 1 is 1.05 bits per heavy atom. The fraction of sp³-hybridized carbons (Fsp3) is 1.00. The van der Waals surface area contributed by atoms with Crippen molar-refractivity contribution in [3.05, 3.63) is 0 Å². The van der Waals surface area contributed by atoms with Crippen molar-refractivity contribution in [3.8, 4) is 0 Å². The Morgan fingerprint density at radius 3 is 2.38 bits per heavy atom. The van der Waals surface area contributed by atoms with Crippen molar-refractivity contribution in [1.29, 1.82) is 0 Å². The minimum absolute atomic E-state index is 0.398. The van der Waals surface area contributed by atoms with Gasteiger partial charge in [-0.15, -0.1) is 0 Å². The molecule has 1 rings (SSSR count). The minimum Gasteiger partial charge on any atom is -0.316 e. The van der Waals surface area contributed by atoms with Crippen molar-refractivity contribution in [2.24, 2.45) is 11.8 Å². The van der Waals surface area contributed by atoms with E-state index in [1.54, 1.807) is 0 Å². The summed E-state index contributed by atoms with van der Waals surface area (Å²) in [4.78, 5) is 0. The van der Waals surface area contributed by atoms with Crippen LogP contribution in [-0.4, -0.2) is 33.0 Å². The summed E-state index contributed by atoms with van der Waals surface area (Å²) in [5.41, 5.74) is 0. The van der Waals surface area contributed by atoms with Crippen molar-refractivity contribution >= 4 is 9.84 Å². The number of hydrogen-bond acceptors (Lipinski definition) is 3. The van der Waals surface area contributed by atoms with Gasteiger partial charge in [0.15, 0.2) is 9.84 Å². The van der Waals surface area contributed by atoms with Crippen LogP contribution in [0, 0.1) is 11.8 Å². The molecule has 0 aromatic carbocycles. The lowest BCUT2D eigenvalue weighted by Gasteiger charge is -2.23. The van der Waals surface area contributed by atoms with Gasteiger partial charge in [-0.05, 0) is 44.2 Å². The van der Waals surface area contributed by atoms with E-state index in [1.165, 1.54) is 44.9 Å². The van der Waals surface area contributed by atoms with Crippen molar-refractivity contribution in [2.75, 3.05) is 24.6 Å². The molecule has 0 aliphatic carbocycles. The van der Waals surface area contributed by atoms with Crippen LogP contribution >= 0.6 is 0 Å². The van der Waals surface area contributed by atoms with E-state index < -0.39 is 9.84 Å². The molecule has 1 heterocycles. The normalized spacial score (nSPS) is 22.5. The average Bonchev–Trinajstić information content (AvgIpc) is 2.81. The van der Waals surface area contributed by atoms with Crippen LogP contribution in [0.2, 0.25) is 0 Å². The zero-order valence-electron chi connectivity index (χ0n) is 14.1. The Hall–Kier alpha value is -0.0900. The van der Waals surface area contributed by atoms with E-state index in [9.17, 15) is 8.42 Å². The molecule has 0 amide bonds. The predicted octanol–water partition coefficient (Wildman–Crippen LogP) is 3.79. The highest BCUT2D eigenvalue weighted by Crippen LogP contribution is 2.29. The maximum atomic E-state index is 11.7.